The van der Waals surface area contributed by atoms with Crippen LogP contribution >= 0.6 is 11.6 Å². The van der Waals surface area contributed by atoms with Gasteiger partial charge in [0.15, 0.2) is 0 Å². The molecule has 88 valence electrons. The van der Waals surface area contributed by atoms with E-state index < -0.39 is 6.04 Å². The summed E-state index contributed by atoms with van der Waals surface area (Å²) in [5, 5.41) is 3.28. The third kappa shape index (κ3) is 3.48. The molecule has 0 aliphatic carbocycles. The third-order valence-corrected chi connectivity index (χ3v) is 2.38. The summed E-state index contributed by atoms with van der Waals surface area (Å²) in [4.78, 5) is 11.6. The summed E-state index contributed by atoms with van der Waals surface area (Å²) in [6.45, 7) is 2.07. The molecule has 0 aromatic heterocycles. The van der Waals surface area contributed by atoms with Crippen molar-refractivity contribution in [3.63, 3.8) is 0 Å². The monoisotopic (exact) mass is 242 g/mol. The van der Waals surface area contributed by atoms with E-state index in [4.69, 9.17) is 22.1 Å². The van der Waals surface area contributed by atoms with E-state index in [1.165, 1.54) is 7.11 Å². The second-order valence-corrected chi connectivity index (χ2v) is 3.95. The Bertz CT molecular complexity index is 382. The molecule has 0 aliphatic rings. The number of methoxy groups -OCH3 is 1. The van der Waals surface area contributed by atoms with E-state index in [1.54, 1.807) is 12.1 Å². The van der Waals surface area contributed by atoms with E-state index in [2.05, 4.69) is 5.32 Å². The maximum Gasteiger partial charge on any atom is 0.243 e. The van der Waals surface area contributed by atoms with Gasteiger partial charge < -0.3 is 15.8 Å². The quantitative estimate of drug-likeness (QED) is 0.842. The number of halogens is 1. The van der Waals surface area contributed by atoms with E-state index >= 15 is 0 Å². The highest BCUT2D eigenvalue weighted by molar-refractivity contribution is 6.31. The van der Waals surface area contributed by atoms with Crippen molar-refractivity contribution in [2.75, 3.05) is 19.0 Å². The van der Waals surface area contributed by atoms with E-state index in [9.17, 15) is 4.79 Å². The highest BCUT2D eigenvalue weighted by Gasteiger charge is 2.13. The van der Waals surface area contributed by atoms with Gasteiger partial charge in [0, 0.05) is 17.8 Å². The topological polar surface area (TPSA) is 64.3 Å². The zero-order valence-corrected chi connectivity index (χ0v) is 10.0. The molecule has 0 spiro atoms. The second-order valence-electron chi connectivity index (χ2n) is 3.51. The van der Waals surface area contributed by atoms with Crippen molar-refractivity contribution in [2.45, 2.75) is 13.0 Å². The molecule has 3 N–H and O–H groups in total. The van der Waals surface area contributed by atoms with Crippen LogP contribution in [0.15, 0.2) is 18.2 Å². The van der Waals surface area contributed by atoms with Gasteiger partial charge in [-0.25, -0.2) is 0 Å². The number of amides is 1. The highest BCUT2D eigenvalue weighted by atomic mass is 35.5. The van der Waals surface area contributed by atoms with Gasteiger partial charge in [-0.2, -0.15) is 0 Å². The van der Waals surface area contributed by atoms with E-state index in [0.717, 1.165) is 5.56 Å². The fourth-order valence-corrected chi connectivity index (χ4v) is 1.38. The number of carbonyl (C=O) groups excluding carboxylic acids is 1. The van der Waals surface area contributed by atoms with E-state index in [-0.39, 0.29) is 12.5 Å². The van der Waals surface area contributed by atoms with Gasteiger partial charge in [0.25, 0.3) is 0 Å². The van der Waals surface area contributed by atoms with Gasteiger partial charge in [-0.3, -0.25) is 4.79 Å². The number of anilines is 1. The van der Waals surface area contributed by atoms with Crippen molar-refractivity contribution in [1.29, 1.82) is 0 Å². The number of benzene rings is 1. The molecule has 1 rings (SSSR count). The molecule has 0 saturated heterocycles. The molecule has 16 heavy (non-hydrogen) atoms. The average Bonchev–Trinajstić information content (AvgIpc) is 2.23. The summed E-state index contributed by atoms with van der Waals surface area (Å²) in [7, 11) is 1.50. The molecule has 0 bridgehead atoms. The number of rotatable bonds is 4. The molecule has 0 heterocycles. The van der Waals surface area contributed by atoms with Gasteiger partial charge in [0.05, 0.1) is 6.61 Å². The van der Waals surface area contributed by atoms with Crippen LogP contribution < -0.4 is 11.1 Å². The summed E-state index contributed by atoms with van der Waals surface area (Å²) in [6, 6.07) is 4.61. The predicted octanol–water partition coefficient (Wildman–Crippen LogP) is 1.56. The Kier molecular flexibility index (Phi) is 4.73. The SMILES string of the molecule is COCC(N)C(=O)Nc1cc(Cl)ccc1C. The Hall–Kier alpha value is -1.10. The number of nitrogens with one attached hydrogen (secondary N) is 1. The van der Waals surface area contributed by atoms with Gasteiger partial charge in [-0.15, -0.1) is 0 Å². The van der Waals surface area contributed by atoms with Crippen LogP contribution in [0.25, 0.3) is 0 Å². The lowest BCUT2D eigenvalue weighted by atomic mass is 10.2. The second kappa shape index (κ2) is 5.84. The smallest absolute Gasteiger partial charge is 0.243 e. The van der Waals surface area contributed by atoms with Crippen LogP contribution in [0.4, 0.5) is 5.69 Å². The van der Waals surface area contributed by atoms with Crippen molar-refractivity contribution in [3.8, 4) is 0 Å². The van der Waals surface area contributed by atoms with Crippen LogP contribution in [0, 0.1) is 6.92 Å². The molecule has 1 amide bonds. The maximum atomic E-state index is 11.6. The van der Waals surface area contributed by atoms with E-state index in [0.29, 0.717) is 10.7 Å². The van der Waals surface area contributed by atoms with Crippen molar-refractivity contribution >= 4 is 23.2 Å². The van der Waals surface area contributed by atoms with Crippen molar-refractivity contribution in [2.24, 2.45) is 5.73 Å². The largest absolute Gasteiger partial charge is 0.383 e. The zero-order valence-electron chi connectivity index (χ0n) is 9.29. The number of ether oxygens (including phenoxy) is 1. The summed E-state index contributed by atoms with van der Waals surface area (Å²) >= 11 is 5.83. The Morgan fingerprint density at radius 1 is 1.62 bits per heavy atom. The van der Waals surface area contributed by atoms with Crippen LogP contribution in [0.5, 0.6) is 0 Å². The number of nitrogens with two attached hydrogens (primary N) is 1. The average molecular weight is 243 g/mol. The van der Waals surface area contributed by atoms with Crippen LogP contribution in [0.1, 0.15) is 5.56 Å². The first kappa shape index (κ1) is 13.0. The zero-order chi connectivity index (χ0) is 12.1. The fraction of sp³-hybridized carbons (Fsp3) is 0.364. The molecule has 1 atom stereocenters. The minimum absolute atomic E-state index is 0.186. The minimum Gasteiger partial charge on any atom is -0.383 e. The van der Waals surface area contributed by atoms with Crippen molar-refractivity contribution in [1.82, 2.24) is 0 Å². The van der Waals surface area contributed by atoms with Gasteiger partial charge in [-0.05, 0) is 24.6 Å². The summed E-state index contributed by atoms with van der Waals surface area (Å²) in [6.07, 6.45) is 0. The number of hydrogen-bond donors (Lipinski definition) is 2. The molecule has 5 heteroatoms. The first-order valence-corrected chi connectivity index (χ1v) is 5.24. The lowest BCUT2D eigenvalue weighted by Crippen LogP contribution is -2.39. The first-order chi connectivity index (χ1) is 7.54. The summed E-state index contributed by atoms with van der Waals surface area (Å²) in [5.74, 6) is -0.285. The number of aryl methyl sites for hydroxylation is 1. The summed E-state index contributed by atoms with van der Waals surface area (Å²) in [5.41, 5.74) is 7.20. The first-order valence-electron chi connectivity index (χ1n) is 4.86. The van der Waals surface area contributed by atoms with Gasteiger partial charge in [0.2, 0.25) is 5.91 Å². The van der Waals surface area contributed by atoms with Gasteiger partial charge >= 0.3 is 0 Å². The van der Waals surface area contributed by atoms with Crippen LogP contribution in [-0.4, -0.2) is 25.7 Å². The fourth-order valence-electron chi connectivity index (χ4n) is 1.21. The van der Waals surface area contributed by atoms with Gasteiger partial charge in [-0.1, -0.05) is 17.7 Å². The highest BCUT2D eigenvalue weighted by Crippen LogP contribution is 2.20. The van der Waals surface area contributed by atoms with Crippen molar-refractivity contribution < 1.29 is 9.53 Å². The number of hydrogen-bond acceptors (Lipinski definition) is 3. The molecular formula is C11H15ClN2O2. The molecule has 0 fully saturated rings. The Balaban J connectivity index is 2.72. The van der Waals surface area contributed by atoms with Crippen LogP contribution in [0.2, 0.25) is 5.02 Å². The lowest BCUT2D eigenvalue weighted by Gasteiger charge is -2.13. The molecule has 0 aliphatic heterocycles. The molecule has 0 saturated carbocycles. The number of carbonyl (C=O) groups is 1. The third-order valence-electron chi connectivity index (χ3n) is 2.14. The molecule has 4 nitrogen and oxygen atoms in total. The van der Waals surface area contributed by atoms with Crippen LogP contribution in [0.3, 0.4) is 0 Å². The molecule has 1 aromatic rings. The van der Waals surface area contributed by atoms with E-state index in [1.807, 2.05) is 13.0 Å². The molecular weight excluding hydrogens is 228 g/mol. The minimum atomic E-state index is -0.677. The Labute approximate surface area is 99.7 Å². The predicted molar refractivity (Wildman–Crippen MR) is 64.7 cm³/mol. The molecule has 1 unspecified atom stereocenters. The van der Waals surface area contributed by atoms with Crippen LogP contribution in [-0.2, 0) is 9.53 Å². The standard InChI is InChI=1S/C11H15ClN2O2/c1-7-3-4-8(12)5-10(7)14-11(15)9(13)6-16-2/h3-5,9H,6,13H2,1-2H3,(H,14,15). The van der Waals surface area contributed by atoms with Gasteiger partial charge in [0.1, 0.15) is 6.04 Å². The molecule has 1 aromatic carbocycles. The lowest BCUT2D eigenvalue weighted by molar-refractivity contribution is -0.118. The normalized spacial score (nSPS) is 12.2. The summed E-state index contributed by atoms with van der Waals surface area (Å²) < 4.78 is 4.80. The Morgan fingerprint density at radius 3 is 2.94 bits per heavy atom. The van der Waals surface area contributed by atoms with Crippen molar-refractivity contribution in [3.05, 3.63) is 28.8 Å². The molecule has 0 radical (unpaired) electrons. The Morgan fingerprint density at radius 2 is 2.31 bits per heavy atom. The maximum absolute atomic E-state index is 11.6.